The lowest BCUT2D eigenvalue weighted by Crippen LogP contribution is -2.30. The van der Waals surface area contributed by atoms with E-state index in [4.69, 9.17) is 0 Å². The van der Waals surface area contributed by atoms with E-state index in [1.807, 2.05) is 56.3 Å². The lowest BCUT2D eigenvalue weighted by Gasteiger charge is -2.16. The maximum atomic E-state index is 12.5. The minimum atomic E-state index is -0.434. The second-order valence-corrected chi connectivity index (χ2v) is 5.26. The first kappa shape index (κ1) is 14.9. The van der Waals surface area contributed by atoms with Gasteiger partial charge in [-0.05, 0) is 31.5 Å². The molecule has 0 bridgehead atoms. The largest absolute Gasteiger partial charge is 0.337 e. The summed E-state index contributed by atoms with van der Waals surface area (Å²) in [6.45, 7) is 3.67. The molecule has 2 heterocycles. The molecule has 3 rings (SSSR count). The summed E-state index contributed by atoms with van der Waals surface area (Å²) in [7, 11) is 0. The number of amides is 1. The van der Waals surface area contributed by atoms with Crippen molar-refractivity contribution in [2.24, 2.45) is 0 Å². The van der Waals surface area contributed by atoms with Crippen molar-refractivity contribution in [1.82, 2.24) is 25.5 Å². The van der Waals surface area contributed by atoms with Gasteiger partial charge in [-0.3, -0.25) is 9.89 Å². The zero-order valence-electron chi connectivity index (χ0n) is 12.9. The van der Waals surface area contributed by atoms with Gasteiger partial charge in [0.25, 0.3) is 5.91 Å². The van der Waals surface area contributed by atoms with Gasteiger partial charge in [0.05, 0.1) is 0 Å². The molecule has 1 atom stereocenters. The Hall–Kier alpha value is -3.02. The molecule has 2 N–H and O–H groups in total. The predicted molar refractivity (Wildman–Crippen MR) is 85.8 cm³/mol. The first-order valence-electron chi connectivity index (χ1n) is 7.32. The van der Waals surface area contributed by atoms with Crippen LogP contribution in [0.2, 0.25) is 0 Å². The van der Waals surface area contributed by atoms with Gasteiger partial charge in [0.15, 0.2) is 5.82 Å². The number of benzene rings is 1. The molecule has 0 aliphatic heterocycles. The van der Waals surface area contributed by atoms with Gasteiger partial charge in [-0.2, -0.15) is 5.10 Å². The van der Waals surface area contributed by atoms with Crippen LogP contribution in [0.5, 0.6) is 0 Å². The summed E-state index contributed by atoms with van der Waals surface area (Å²) in [4.78, 5) is 21.1. The van der Waals surface area contributed by atoms with Crippen LogP contribution in [0.15, 0.2) is 48.5 Å². The number of nitrogens with zero attached hydrogens (tertiary/aromatic N) is 3. The highest BCUT2D eigenvalue weighted by Crippen LogP contribution is 2.19. The number of aryl methyl sites for hydroxylation is 2. The molecule has 0 saturated carbocycles. The molecular formula is C17H17N5O. The van der Waals surface area contributed by atoms with Crippen molar-refractivity contribution in [3.8, 4) is 0 Å². The first-order chi connectivity index (χ1) is 11.1. The van der Waals surface area contributed by atoms with Crippen LogP contribution >= 0.6 is 0 Å². The Labute approximate surface area is 134 Å². The highest BCUT2D eigenvalue weighted by atomic mass is 16.1. The quantitative estimate of drug-likeness (QED) is 0.775. The highest BCUT2D eigenvalue weighted by Gasteiger charge is 2.22. The minimum absolute atomic E-state index is 0.259. The number of carbonyl (C=O) groups excluding carboxylic acids is 1. The molecule has 2 aromatic heterocycles. The third-order valence-electron chi connectivity index (χ3n) is 3.40. The summed E-state index contributed by atoms with van der Waals surface area (Å²) in [5.74, 6) is 0.962. The standard InChI is InChI=1S/C17H17N5O/c1-11-7-6-10-14(18-11)17(23)20-15(13-8-4-3-5-9-13)16-19-12(2)21-22-16/h3-10,15H,1-2H3,(H,20,23)(H,19,21,22)/t15-/m1/s1. The Morgan fingerprint density at radius 1 is 1.04 bits per heavy atom. The normalized spacial score (nSPS) is 11.9. The average molecular weight is 307 g/mol. The number of H-pyrrole nitrogens is 1. The SMILES string of the molecule is Cc1cccc(C(=O)N[C@H](c2ccccc2)c2n[nH]c(C)n2)n1. The number of carbonyl (C=O) groups is 1. The van der Waals surface area contributed by atoms with E-state index in [1.54, 1.807) is 6.07 Å². The van der Waals surface area contributed by atoms with Crippen LogP contribution in [-0.4, -0.2) is 26.1 Å². The number of pyridine rings is 1. The summed E-state index contributed by atoms with van der Waals surface area (Å²) in [6.07, 6.45) is 0. The van der Waals surface area contributed by atoms with Gasteiger partial charge >= 0.3 is 0 Å². The van der Waals surface area contributed by atoms with Crippen LogP contribution in [0.1, 0.15) is 39.4 Å². The monoisotopic (exact) mass is 307 g/mol. The van der Waals surface area contributed by atoms with Gasteiger partial charge < -0.3 is 5.32 Å². The molecule has 3 aromatic rings. The molecule has 0 unspecified atom stereocenters. The number of aromatic amines is 1. The molecule has 116 valence electrons. The third-order valence-corrected chi connectivity index (χ3v) is 3.40. The van der Waals surface area contributed by atoms with E-state index in [2.05, 4.69) is 25.5 Å². The van der Waals surface area contributed by atoms with Crippen molar-refractivity contribution in [2.75, 3.05) is 0 Å². The van der Waals surface area contributed by atoms with Crippen molar-refractivity contribution >= 4 is 5.91 Å². The number of aromatic nitrogens is 4. The number of nitrogens with one attached hydrogen (secondary N) is 2. The maximum absolute atomic E-state index is 12.5. The van der Waals surface area contributed by atoms with Crippen LogP contribution in [0.4, 0.5) is 0 Å². The van der Waals surface area contributed by atoms with Crippen molar-refractivity contribution in [3.05, 3.63) is 77.1 Å². The Kier molecular flexibility index (Phi) is 4.14. The van der Waals surface area contributed by atoms with Gasteiger partial charge in [0.1, 0.15) is 17.6 Å². The van der Waals surface area contributed by atoms with E-state index < -0.39 is 6.04 Å². The van der Waals surface area contributed by atoms with Crippen LogP contribution < -0.4 is 5.32 Å². The lowest BCUT2D eigenvalue weighted by atomic mass is 10.1. The molecule has 0 saturated heterocycles. The van der Waals surface area contributed by atoms with E-state index in [1.165, 1.54) is 0 Å². The second-order valence-electron chi connectivity index (χ2n) is 5.26. The van der Waals surface area contributed by atoms with Gasteiger partial charge in [-0.25, -0.2) is 9.97 Å². The van der Waals surface area contributed by atoms with Crippen molar-refractivity contribution in [3.63, 3.8) is 0 Å². The maximum Gasteiger partial charge on any atom is 0.270 e. The summed E-state index contributed by atoms with van der Waals surface area (Å²) in [5.41, 5.74) is 2.08. The summed E-state index contributed by atoms with van der Waals surface area (Å²) in [6, 6.07) is 14.5. The Morgan fingerprint density at radius 2 is 1.83 bits per heavy atom. The molecule has 1 amide bonds. The van der Waals surface area contributed by atoms with E-state index in [0.717, 1.165) is 11.3 Å². The van der Waals surface area contributed by atoms with Crippen LogP contribution in [-0.2, 0) is 0 Å². The zero-order valence-corrected chi connectivity index (χ0v) is 12.9. The topological polar surface area (TPSA) is 83.6 Å². The van der Waals surface area contributed by atoms with Gasteiger partial charge in [0.2, 0.25) is 0 Å². The zero-order chi connectivity index (χ0) is 16.2. The fourth-order valence-electron chi connectivity index (χ4n) is 2.31. The fourth-order valence-corrected chi connectivity index (χ4v) is 2.31. The van der Waals surface area contributed by atoms with Gasteiger partial charge in [-0.1, -0.05) is 36.4 Å². The predicted octanol–water partition coefficient (Wildman–Crippen LogP) is 2.34. The number of rotatable bonds is 4. The van der Waals surface area contributed by atoms with Crippen molar-refractivity contribution in [2.45, 2.75) is 19.9 Å². The van der Waals surface area contributed by atoms with Gasteiger partial charge in [-0.15, -0.1) is 0 Å². The molecule has 0 aliphatic rings. The van der Waals surface area contributed by atoms with E-state index in [-0.39, 0.29) is 5.91 Å². The molecular weight excluding hydrogens is 290 g/mol. The van der Waals surface area contributed by atoms with E-state index >= 15 is 0 Å². The van der Waals surface area contributed by atoms with E-state index in [0.29, 0.717) is 17.3 Å². The molecule has 23 heavy (non-hydrogen) atoms. The number of hydrogen-bond donors (Lipinski definition) is 2. The van der Waals surface area contributed by atoms with Crippen LogP contribution in [0.3, 0.4) is 0 Å². The molecule has 0 aliphatic carbocycles. The highest BCUT2D eigenvalue weighted by molar-refractivity contribution is 5.92. The molecule has 0 fully saturated rings. The summed E-state index contributed by atoms with van der Waals surface area (Å²) >= 11 is 0. The first-order valence-corrected chi connectivity index (χ1v) is 7.32. The molecule has 0 radical (unpaired) electrons. The fraction of sp³-hybridized carbons (Fsp3) is 0.176. The van der Waals surface area contributed by atoms with Crippen LogP contribution in [0.25, 0.3) is 0 Å². The minimum Gasteiger partial charge on any atom is -0.337 e. The molecule has 0 spiro atoms. The Bertz CT molecular complexity index is 813. The summed E-state index contributed by atoms with van der Waals surface area (Å²) < 4.78 is 0. The van der Waals surface area contributed by atoms with E-state index in [9.17, 15) is 4.79 Å². The third kappa shape index (κ3) is 3.42. The molecule has 6 nitrogen and oxygen atoms in total. The molecule has 1 aromatic carbocycles. The smallest absolute Gasteiger partial charge is 0.270 e. The molecule has 6 heteroatoms. The van der Waals surface area contributed by atoms with Crippen LogP contribution in [0, 0.1) is 13.8 Å². The Morgan fingerprint density at radius 3 is 2.48 bits per heavy atom. The van der Waals surface area contributed by atoms with Crippen molar-refractivity contribution < 1.29 is 4.79 Å². The second kappa shape index (κ2) is 6.39. The summed E-state index contributed by atoms with van der Waals surface area (Å²) in [5, 5.41) is 9.96. The van der Waals surface area contributed by atoms with Gasteiger partial charge in [0, 0.05) is 5.69 Å². The average Bonchev–Trinajstić information content (AvgIpc) is 2.99. The number of hydrogen-bond acceptors (Lipinski definition) is 4. The lowest BCUT2D eigenvalue weighted by molar-refractivity contribution is 0.0936. The van der Waals surface area contributed by atoms with Crippen molar-refractivity contribution in [1.29, 1.82) is 0 Å². The Balaban J connectivity index is 1.92.